The molecule has 0 spiro atoms. The average molecular weight is 314 g/mol. The zero-order valence-electron chi connectivity index (χ0n) is 13.3. The topological polar surface area (TPSA) is 60.5 Å². The summed E-state index contributed by atoms with van der Waals surface area (Å²) in [5.74, 6) is 1.08. The molecule has 2 aromatic rings. The molecule has 0 aliphatic rings. The molecule has 122 valence electrons. The van der Waals surface area contributed by atoms with Gasteiger partial charge in [0.2, 0.25) is 0 Å². The molecule has 2 rings (SSSR count). The normalized spacial score (nSPS) is 10.3. The molecule has 0 unspecified atom stereocenters. The Labute approximate surface area is 136 Å². The van der Waals surface area contributed by atoms with Gasteiger partial charge in [-0.25, -0.2) is 0 Å². The van der Waals surface area contributed by atoms with Gasteiger partial charge >= 0.3 is 5.97 Å². The third kappa shape index (κ3) is 6.48. The number of nitrogens with zero attached hydrogens (tertiary/aromatic N) is 1. The van der Waals surface area contributed by atoms with Crippen LogP contribution in [0.15, 0.2) is 48.8 Å². The molecule has 1 heterocycles. The number of hydrogen-bond acceptors (Lipinski definition) is 5. The van der Waals surface area contributed by atoms with E-state index in [1.54, 1.807) is 31.5 Å². The highest BCUT2D eigenvalue weighted by molar-refractivity contribution is 5.71. The van der Waals surface area contributed by atoms with E-state index in [0.717, 1.165) is 25.3 Å². The van der Waals surface area contributed by atoms with Crippen LogP contribution in [0.4, 0.5) is 0 Å². The molecule has 5 heteroatoms. The minimum absolute atomic E-state index is 0.237. The van der Waals surface area contributed by atoms with Crippen molar-refractivity contribution in [2.45, 2.75) is 26.3 Å². The quantitative estimate of drug-likeness (QED) is 0.438. The second kappa shape index (κ2) is 9.58. The first-order valence-corrected chi connectivity index (χ1v) is 7.81. The minimum Gasteiger partial charge on any atom is -0.494 e. The molecule has 0 aliphatic carbocycles. The van der Waals surface area contributed by atoms with E-state index in [-0.39, 0.29) is 5.97 Å². The lowest BCUT2D eigenvalue weighted by Gasteiger charge is -2.08. The number of aromatic nitrogens is 1. The van der Waals surface area contributed by atoms with Gasteiger partial charge in [-0.1, -0.05) is 6.92 Å². The molecule has 0 radical (unpaired) electrons. The van der Waals surface area contributed by atoms with Gasteiger partial charge in [0.05, 0.1) is 6.61 Å². The van der Waals surface area contributed by atoms with Crippen molar-refractivity contribution in [3.63, 3.8) is 0 Å². The molecule has 1 N–H and O–H groups in total. The Morgan fingerprint density at radius 2 is 1.78 bits per heavy atom. The van der Waals surface area contributed by atoms with Gasteiger partial charge in [0, 0.05) is 25.4 Å². The Hall–Kier alpha value is -2.40. The second-order valence-corrected chi connectivity index (χ2v) is 5.03. The molecular weight excluding hydrogens is 292 g/mol. The fourth-order valence-electron chi connectivity index (χ4n) is 1.93. The van der Waals surface area contributed by atoms with Gasteiger partial charge in [0.25, 0.3) is 0 Å². The van der Waals surface area contributed by atoms with E-state index in [1.807, 2.05) is 24.3 Å². The van der Waals surface area contributed by atoms with Crippen molar-refractivity contribution < 1.29 is 14.3 Å². The SMILES string of the molecule is CCC(=O)Oc1ccc(OCCCNCc2ccncc2)cc1. The van der Waals surface area contributed by atoms with Crippen LogP contribution in [0.5, 0.6) is 11.5 Å². The number of carbonyl (C=O) groups is 1. The van der Waals surface area contributed by atoms with E-state index >= 15 is 0 Å². The Kier molecular flexibility index (Phi) is 7.07. The molecule has 1 aromatic heterocycles. The lowest BCUT2D eigenvalue weighted by atomic mass is 10.2. The van der Waals surface area contributed by atoms with E-state index in [1.165, 1.54) is 5.56 Å². The number of hydrogen-bond donors (Lipinski definition) is 1. The Balaban J connectivity index is 1.60. The summed E-state index contributed by atoms with van der Waals surface area (Å²) < 4.78 is 10.8. The lowest BCUT2D eigenvalue weighted by molar-refractivity contribution is -0.134. The van der Waals surface area contributed by atoms with Gasteiger partial charge in [-0.2, -0.15) is 0 Å². The highest BCUT2D eigenvalue weighted by Crippen LogP contribution is 2.18. The van der Waals surface area contributed by atoms with Gasteiger partial charge < -0.3 is 14.8 Å². The van der Waals surface area contributed by atoms with E-state index in [2.05, 4.69) is 10.3 Å². The van der Waals surface area contributed by atoms with Crippen molar-refractivity contribution in [2.75, 3.05) is 13.2 Å². The van der Waals surface area contributed by atoms with Crippen LogP contribution in [-0.2, 0) is 11.3 Å². The maximum absolute atomic E-state index is 11.2. The van der Waals surface area contributed by atoms with Crippen LogP contribution in [0.2, 0.25) is 0 Å². The number of esters is 1. The summed E-state index contributed by atoms with van der Waals surface area (Å²) in [5, 5.41) is 3.36. The molecule has 0 atom stereocenters. The largest absolute Gasteiger partial charge is 0.494 e. The smallest absolute Gasteiger partial charge is 0.310 e. The number of ether oxygens (including phenoxy) is 2. The average Bonchev–Trinajstić information content (AvgIpc) is 2.60. The summed E-state index contributed by atoms with van der Waals surface area (Å²) in [6.07, 6.45) is 4.87. The van der Waals surface area contributed by atoms with Crippen LogP contribution in [-0.4, -0.2) is 24.1 Å². The summed E-state index contributed by atoms with van der Waals surface area (Å²) >= 11 is 0. The fraction of sp³-hybridized carbons (Fsp3) is 0.333. The summed E-state index contributed by atoms with van der Waals surface area (Å²) in [6, 6.07) is 11.1. The Morgan fingerprint density at radius 1 is 1.09 bits per heavy atom. The monoisotopic (exact) mass is 314 g/mol. The van der Waals surface area contributed by atoms with Gasteiger partial charge in [0.15, 0.2) is 0 Å². The minimum atomic E-state index is -0.237. The molecule has 0 saturated heterocycles. The van der Waals surface area contributed by atoms with Crippen molar-refractivity contribution in [1.29, 1.82) is 0 Å². The second-order valence-electron chi connectivity index (χ2n) is 5.03. The molecule has 23 heavy (non-hydrogen) atoms. The maximum Gasteiger partial charge on any atom is 0.310 e. The zero-order chi connectivity index (χ0) is 16.3. The van der Waals surface area contributed by atoms with E-state index in [9.17, 15) is 4.79 Å². The lowest BCUT2D eigenvalue weighted by Crippen LogP contribution is -2.17. The first-order valence-electron chi connectivity index (χ1n) is 7.81. The van der Waals surface area contributed by atoms with Crippen LogP contribution in [0.3, 0.4) is 0 Å². The van der Waals surface area contributed by atoms with Gasteiger partial charge in [-0.15, -0.1) is 0 Å². The summed E-state index contributed by atoms with van der Waals surface area (Å²) in [7, 11) is 0. The van der Waals surface area contributed by atoms with Gasteiger partial charge in [-0.05, 0) is 54.9 Å². The molecular formula is C18H22N2O3. The molecule has 0 amide bonds. The van der Waals surface area contributed by atoms with Crippen LogP contribution < -0.4 is 14.8 Å². The van der Waals surface area contributed by atoms with Gasteiger partial charge in [0.1, 0.15) is 11.5 Å². The molecule has 0 bridgehead atoms. The maximum atomic E-state index is 11.2. The number of benzene rings is 1. The third-order valence-electron chi connectivity index (χ3n) is 3.19. The fourth-order valence-corrected chi connectivity index (χ4v) is 1.93. The summed E-state index contributed by atoms with van der Waals surface area (Å²) in [5.41, 5.74) is 1.22. The van der Waals surface area contributed by atoms with Crippen molar-refractivity contribution >= 4 is 5.97 Å². The van der Waals surface area contributed by atoms with Crippen molar-refractivity contribution in [2.24, 2.45) is 0 Å². The number of nitrogens with one attached hydrogen (secondary N) is 1. The predicted octanol–water partition coefficient (Wildman–Crippen LogP) is 2.96. The summed E-state index contributed by atoms with van der Waals surface area (Å²) in [6.45, 7) is 4.12. The predicted molar refractivity (Wildman–Crippen MR) is 88.4 cm³/mol. The van der Waals surface area contributed by atoms with Crippen molar-refractivity contribution in [3.8, 4) is 11.5 Å². The number of carbonyl (C=O) groups excluding carboxylic acids is 1. The van der Waals surface area contributed by atoms with Crippen LogP contribution >= 0.6 is 0 Å². The van der Waals surface area contributed by atoms with Crippen LogP contribution in [0.25, 0.3) is 0 Å². The van der Waals surface area contributed by atoms with Crippen molar-refractivity contribution in [3.05, 3.63) is 54.4 Å². The van der Waals surface area contributed by atoms with E-state index < -0.39 is 0 Å². The Bertz CT molecular complexity index is 585. The summed E-state index contributed by atoms with van der Waals surface area (Å²) in [4.78, 5) is 15.2. The molecule has 0 aliphatic heterocycles. The number of rotatable bonds is 9. The highest BCUT2D eigenvalue weighted by Gasteiger charge is 2.01. The van der Waals surface area contributed by atoms with Crippen LogP contribution in [0, 0.1) is 0 Å². The van der Waals surface area contributed by atoms with E-state index in [4.69, 9.17) is 9.47 Å². The molecule has 0 saturated carbocycles. The molecule has 0 fully saturated rings. The first-order chi connectivity index (χ1) is 11.3. The number of pyridine rings is 1. The van der Waals surface area contributed by atoms with E-state index in [0.29, 0.717) is 18.8 Å². The van der Waals surface area contributed by atoms with Crippen LogP contribution in [0.1, 0.15) is 25.3 Å². The Morgan fingerprint density at radius 3 is 2.48 bits per heavy atom. The third-order valence-corrected chi connectivity index (χ3v) is 3.19. The van der Waals surface area contributed by atoms with Crippen molar-refractivity contribution in [1.82, 2.24) is 10.3 Å². The standard InChI is InChI=1S/C18H22N2O3/c1-2-18(21)23-17-6-4-16(5-7-17)22-13-3-10-20-14-15-8-11-19-12-9-15/h4-9,11-12,20H,2-3,10,13-14H2,1H3. The van der Waals surface area contributed by atoms with Gasteiger partial charge in [-0.3, -0.25) is 9.78 Å². The molecule has 1 aromatic carbocycles. The highest BCUT2D eigenvalue weighted by atomic mass is 16.5. The molecule has 5 nitrogen and oxygen atoms in total. The first kappa shape index (κ1) is 17.0. The zero-order valence-corrected chi connectivity index (χ0v) is 13.3.